The number of nitrogens with one attached hydrogen (secondary N) is 1. The summed E-state index contributed by atoms with van der Waals surface area (Å²) in [7, 11) is 1.54. The van der Waals surface area contributed by atoms with Gasteiger partial charge in [0.25, 0.3) is 5.91 Å². The third-order valence-corrected chi connectivity index (χ3v) is 4.12. The molecular formula is C20H17ClN2O5. The number of methoxy groups -OCH3 is 1. The van der Waals surface area contributed by atoms with E-state index in [9.17, 15) is 9.59 Å². The molecule has 1 amide bonds. The highest BCUT2D eigenvalue weighted by molar-refractivity contribution is 6.30. The van der Waals surface area contributed by atoms with Crippen LogP contribution < -0.4 is 10.1 Å². The average Bonchev–Trinajstić information content (AvgIpc) is 3.12. The number of carbonyl (C=O) groups excluding carboxylic acids is 2. The highest BCUT2D eigenvalue weighted by atomic mass is 35.5. The van der Waals surface area contributed by atoms with E-state index in [1.807, 2.05) is 0 Å². The lowest BCUT2D eigenvalue weighted by Gasteiger charge is -2.06. The summed E-state index contributed by atoms with van der Waals surface area (Å²) >= 11 is 5.91. The molecule has 0 saturated carbocycles. The molecule has 8 heteroatoms. The van der Waals surface area contributed by atoms with E-state index in [0.29, 0.717) is 21.9 Å². The first-order valence-electron chi connectivity index (χ1n) is 8.41. The molecule has 3 aromatic rings. The Bertz CT molecular complexity index is 981. The fourth-order valence-electron chi connectivity index (χ4n) is 2.49. The van der Waals surface area contributed by atoms with Crippen molar-refractivity contribution in [2.45, 2.75) is 6.92 Å². The van der Waals surface area contributed by atoms with Gasteiger partial charge in [0.15, 0.2) is 5.56 Å². The zero-order valence-corrected chi connectivity index (χ0v) is 15.9. The van der Waals surface area contributed by atoms with Gasteiger partial charge < -0.3 is 14.0 Å². The molecule has 0 spiro atoms. The molecular weight excluding hydrogens is 384 g/mol. The summed E-state index contributed by atoms with van der Waals surface area (Å²) in [6.07, 6.45) is 0. The van der Waals surface area contributed by atoms with Gasteiger partial charge in [0.05, 0.1) is 13.7 Å². The van der Waals surface area contributed by atoms with Gasteiger partial charge >= 0.3 is 5.97 Å². The highest BCUT2D eigenvalue weighted by Gasteiger charge is 2.27. The molecule has 144 valence electrons. The molecule has 28 heavy (non-hydrogen) atoms. The Balaban J connectivity index is 1.94. The summed E-state index contributed by atoms with van der Waals surface area (Å²) in [4.78, 5) is 25.0. The molecule has 0 radical (unpaired) electrons. The second-order valence-corrected chi connectivity index (χ2v) is 6.08. The molecule has 1 aromatic heterocycles. The van der Waals surface area contributed by atoms with Crippen molar-refractivity contribution in [2.24, 2.45) is 0 Å². The van der Waals surface area contributed by atoms with Crippen molar-refractivity contribution in [1.82, 2.24) is 5.16 Å². The maximum absolute atomic E-state index is 12.5. The van der Waals surface area contributed by atoms with E-state index in [-0.39, 0.29) is 23.7 Å². The van der Waals surface area contributed by atoms with Crippen molar-refractivity contribution in [1.29, 1.82) is 0 Å². The summed E-state index contributed by atoms with van der Waals surface area (Å²) in [5.74, 6) is -0.594. The van der Waals surface area contributed by atoms with E-state index in [2.05, 4.69) is 10.5 Å². The maximum atomic E-state index is 12.5. The third kappa shape index (κ3) is 4.15. The Morgan fingerprint density at radius 1 is 1.11 bits per heavy atom. The quantitative estimate of drug-likeness (QED) is 0.615. The van der Waals surface area contributed by atoms with Gasteiger partial charge in [-0.2, -0.15) is 0 Å². The molecule has 7 nitrogen and oxygen atoms in total. The molecule has 0 saturated heterocycles. The largest absolute Gasteiger partial charge is 0.497 e. The van der Waals surface area contributed by atoms with Crippen molar-refractivity contribution in [2.75, 3.05) is 19.0 Å². The summed E-state index contributed by atoms with van der Waals surface area (Å²) in [5.41, 5.74) is 1.24. The number of benzene rings is 2. The van der Waals surface area contributed by atoms with Crippen LogP contribution in [0, 0.1) is 0 Å². The number of ether oxygens (including phenoxy) is 2. The Kier molecular flexibility index (Phi) is 5.96. The lowest BCUT2D eigenvalue weighted by molar-refractivity contribution is 0.0528. The van der Waals surface area contributed by atoms with Crippen molar-refractivity contribution >= 4 is 29.4 Å². The van der Waals surface area contributed by atoms with Gasteiger partial charge in [-0.05, 0) is 43.3 Å². The van der Waals surface area contributed by atoms with Crippen LogP contribution in [0.25, 0.3) is 11.3 Å². The number of amides is 1. The lowest BCUT2D eigenvalue weighted by Crippen LogP contribution is -2.15. The standard InChI is InChI=1S/C20H17ClN2O5/c1-3-27-20(25)16-17(12-4-8-14(21)9-5-12)23-28-19(16)22-18(24)13-6-10-15(26-2)11-7-13/h4-11H,3H2,1-2H3,(H,22,24). The van der Waals surface area contributed by atoms with Gasteiger partial charge in [0.2, 0.25) is 5.88 Å². The van der Waals surface area contributed by atoms with Gasteiger partial charge in [-0.1, -0.05) is 28.9 Å². The number of aromatic nitrogens is 1. The predicted octanol–water partition coefficient (Wildman–Crippen LogP) is 4.43. The molecule has 0 bridgehead atoms. The molecule has 3 rings (SSSR count). The fraction of sp³-hybridized carbons (Fsp3) is 0.150. The van der Waals surface area contributed by atoms with Crippen molar-refractivity contribution in [3.8, 4) is 17.0 Å². The third-order valence-electron chi connectivity index (χ3n) is 3.87. The Labute approximate surface area is 166 Å². The monoisotopic (exact) mass is 400 g/mol. The van der Waals surface area contributed by atoms with Crippen molar-refractivity contribution in [3.05, 3.63) is 64.7 Å². The van der Waals surface area contributed by atoms with E-state index in [1.54, 1.807) is 55.5 Å². The summed E-state index contributed by atoms with van der Waals surface area (Å²) < 4.78 is 15.4. The van der Waals surface area contributed by atoms with E-state index in [0.717, 1.165) is 0 Å². The van der Waals surface area contributed by atoms with E-state index in [4.69, 9.17) is 25.6 Å². The van der Waals surface area contributed by atoms with Gasteiger partial charge in [-0.25, -0.2) is 4.79 Å². The van der Waals surface area contributed by atoms with E-state index in [1.165, 1.54) is 7.11 Å². The number of esters is 1. The van der Waals surface area contributed by atoms with Crippen LogP contribution in [0.4, 0.5) is 5.88 Å². The molecule has 1 N–H and O–H groups in total. The topological polar surface area (TPSA) is 90.7 Å². The summed E-state index contributed by atoms with van der Waals surface area (Å²) in [6, 6.07) is 13.2. The van der Waals surface area contributed by atoms with Crippen LogP contribution in [0.15, 0.2) is 53.1 Å². The van der Waals surface area contributed by atoms with E-state index >= 15 is 0 Å². The molecule has 2 aromatic carbocycles. The SMILES string of the molecule is CCOC(=O)c1c(-c2ccc(Cl)cc2)noc1NC(=O)c1ccc(OC)cc1. The lowest BCUT2D eigenvalue weighted by atomic mass is 10.1. The van der Waals surface area contributed by atoms with Crippen LogP contribution in [0.2, 0.25) is 5.02 Å². The minimum atomic E-state index is -0.654. The minimum Gasteiger partial charge on any atom is -0.497 e. The average molecular weight is 401 g/mol. The number of carbonyl (C=O) groups is 2. The zero-order valence-electron chi connectivity index (χ0n) is 15.2. The number of rotatable bonds is 6. The first-order chi connectivity index (χ1) is 13.5. The summed E-state index contributed by atoms with van der Waals surface area (Å²) in [5, 5.41) is 7.05. The normalized spacial score (nSPS) is 10.4. The van der Waals surface area contributed by atoms with Gasteiger partial charge in [-0.3, -0.25) is 10.1 Å². The molecule has 1 heterocycles. The second kappa shape index (κ2) is 8.58. The molecule has 0 fully saturated rings. The second-order valence-electron chi connectivity index (χ2n) is 5.65. The molecule has 0 unspecified atom stereocenters. The van der Waals surface area contributed by atoms with Crippen LogP contribution in [0.3, 0.4) is 0 Å². The Morgan fingerprint density at radius 2 is 1.79 bits per heavy atom. The van der Waals surface area contributed by atoms with Crippen LogP contribution in [0.1, 0.15) is 27.6 Å². The molecule has 0 atom stereocenters. The van der Waals surface area contributed by atoms with Crippen LogP contribution >= 0.6 is 11.6 Å². The van der Waals surface area contributed by atoms with Crippen molar-refractivity contribution in [3.63, 3.8) is 0 Å². The molecule has 0 aliphatic heterocycles. The molecule has 0 aliphatic rings. The number of nitrogens with zero attached hydrogens (tertiary/aromatic N) is 1. The molecule has 0 aliphatic carbocycles. The van der Waals surface area contributed by atoms with Gasteiger partial charge in [0.1, 0.15) is 11.4 Å². The van der Waals surface area contributed by atoms with E-state index < -0.39 is 11.9 Å². The number of anilines is 1. The number of hydrogen-bond acceptors (Lipinski definition) is 6. The Morgan fingerprint density at radius 3 is 2.39 bits per heavy atom. The smallest absolute Gasteiger partial charge is 0.346 e. The summed E-state index contributed by atoms with van der Waals surface area (Å²) in [6.45, 7) is 1.85. The van der Waals surface area contributed by atoms with Gasteiger partial charge in [-0.15, -0.1) is 0 Å². The first-order valence-corrected chi connectivity index (χ1v) is 8.79. The number of halogens is 1. The van der Waals surface area contributed by atoms with Crippen LogP contribution in [-0.4, -0.2) is 30.7 Å². The van der Waals surface area contributed by atoms with Crippen LogP contribution in [0.5, 0.6) is 5.75 Å². The fourth-order valence-corrected chi connectivity index (χ4v) is 2.62. The first kappa shape index (κ1) is 19.4. The van der Waals surface area contributed by atoms with Crippen molar-refractivity contribution < 1.29 is 23.6 Å². The maximum Gasteiger partial charge on any atom is 0.346 e. The van der Waals surface area contributed by atoms with Crippen LogP contribution in [-0.2, 0) is 4.74 Å². The number of hydrogen-bond donors (Lipinski definition) is 1. The highest BCUT2D eigenvalue weighted by Crippen LogP contribution is 2.31. The van der Waals surface area contributed by atoms with Gasteiger partial charge in [0, 0.05) is 16.1 Å². The minimum absolute atomic E-state index is 0.0334. The zero-order chi connectivity index (χ0) is 20.1. The predicted molar refractivity (Wildman–Crippen MR) is 104 cm³/mol. The Hall–Kier alpha value is -3.32.